The lowest BCUT2D eigenvalue weighted by Gasteiger charge is -2.54. The highest BCUT2D eigenvalue weighted by atomic mass is 33.0. The summed E-state index contributed by atoms with van der Waals surface area (Å²) in [5, 5.41) is 8.44. The van der Waals surface area contributed by atoms with Crippen LogP contribution in [-0.4, -0.2) is 15.5 Å². The number of hydrogen-bond donors (Lipinski definition) is 1. The minimum absolute atomic E-state index is 0.0152. The van der Waals surface area contributed by atoms with Crippen LogP contribution in [0.4, 0.5) is 0 Å². The Morgan fingerprint density at radius 3 is 1.32 bits per heavy atom. The maximum absolute atomic E-state index is 10.3. The van der Waals surface area contributed by atoms with E-state index in [1.54, 1.807) is 13.8 Å². The first-order valence-electron chi connectivity index (χ1n) is 7.33. The second-order valence-electron chi connectivity index (χ2n) is 5.83. The Morgan fingerprint density at radius 1 is 0.857 bits per heavy atom. The van der Waals surface area contributed by atoms with Gasteiger partial charge in [0.25, 0.3) is 0 Å². The fourth-order valence-corrected chi connectivity index (χ4v) is 142. The van der Waals surface area contributed by atoms with Crippen LogP contribution in [0, 0.1) is 5.41 Å². The third kappa shape index (κ3) is 12.0. The lowest BCUT2D eigenvalue weighted by molar-refractivity contribution is -0.147. The van der Waals surface area contributed by atoms with E-state index in [2.05, 4.69) is 98.2 Å². The number of aliphatic carboxylic acids is 1. The molecule has 0 heterocycles. The maximum atomic E-state index is 10.3. The van der Waals surface area contributed by atoms with Crippen LogP contribution >= 0.6 is 156 Å². The predicted molar refractivity (Wildman–Crippen MR) is 198 cm³/mol. The highest BCUT2D eigenvalue weighted by molar-refractivity contribution is 9.03. The van der Waals surface area contributed by atoms with Crippen molar-refractivity contribution in [3.8, 4) is 0 Å². The van der Waals surface area contributed by atoms with Gasteiger partial charge in [-0.2, -0.15) is 0 Å². The van der Waals surface area contributed by atoms with Crippen LogP contribution in [0.1, 0.15) is 27.2 Å². The van der Waals surface area contributed by atoms with Gasteiger partial charge in [-0.15, -0.1) is 98.2 Å². The lowest BCUT2D eigenvalue weighted by atomic mass is 9.91. The van der Waals surface area contributed by atoms with Gasteiger partial charge in [0, 0.05) is 0 Å². The van der Waals surface area contributed by atoms with Crippen LogP contribution < -0.4 is 0 Å². The van der Waals surface area contributed by atoms with Gasteiger partial charge in [0.1, 0.15) is 0 Å². The minimum atomic E-state index is -0.722. The van der Waals surface area contributed by atoms with Crippen molar-refractivity contribution < 1.29 is 9.90 Å². The molecule has 21 heteroatoms. The predicted octanol–water partition coefficient (Wildman–Crippen LogP) is 11.5. The highest BCUT2D eigenvalue weighted by Crippen LogP contribution is 3.19. The number of carboxylic acid groups (broad SMARTS) is 1. The molecule has 0 bridgehead atoms. The van der Waals surface area contributed by atoms with Crippen molar-refractivity contribution in [3.63, 3.8) is 0 Å². The molecule has 0 saturated heterocycles. The van der Waals surface area contributed by atoms with E-state index in [9.17, 15) is 4.79 Å². The van der Waals surface area contributed by atoms with Gasteiger partial charge >= 0.3 is 5.97 Å². The van der Waals surface area contributed by atoms with Crippen LogP contribution in [0.5, 0.6) is 0 Å². The molecule has 0 aliphatic carbocycles. The topological polar surface area (TPSA) is 37.3 Å². The standard InChI is InChI=1S/C6H12O2.CH23P19/c1-4-6(2,3)5(7)8;2-13-16(18(7)8)1(14(3)4,15(5)6)17(19(9)10)20(11)12/h4H2,1-3H3,(H,7,8);13H,2-12H2. The van der Waals surface area contributed by atoms with Crippen LogP contribution in [0.15, 0.2) is 0 Å². The van der Waals surface area contributed by atoms with Gasteiger partial charge in [-0.25, -0.2) is 0 Å². The van der Waals surface area contributed by atoms with Crippen molar-refractivity contribution in [2.75, 3.05) is 0 Å². The van der Waals surface area contributed by atoms with E-state index in [1.807, 2.05) is 6.92 Å². The molecule has 0 aliphatic heterocycles. The fourth-order valence-electron chi connectivity index (χ4n) is 1.53. The molecule has 0 rings (SSSR count). The third-order valence-electron chi connectivity index (χ3n) is 3.50. The minimum Gasteiger partial charge on any atom is -0.481 e. The summed E-state index contributed by atoms with van der Waals surface area (Å²) in [5.41, 5.74) is -0.542. The van der Waals surface area contributed by atoms with Crippen LogP contribution in [0.3, 0.4) is 0 Å². The van der Waals surface area contributed by atoms with Crippen molar-refractivity contribution in [3.05, 3.63) is 0 Å². The molecule has 0 spiro atoms. The molecular formula is C7H35O2P19. The van der Waals surface area contributed by atoms with Crippen LogP contribution in [0.25, 0.3) is 0 Å². The maximum Gasteiger partial charge on any atom is 0.309 e. The molecule has 0 amide bonds. The van der Waals surface area contributed by atoms with E-state index in [0.29, 0.717) is 10.8 Å². The molecular weight excluding hydrogens is 705 g/mol. The van der Waals surface area contributed by atoms with E-state index >= 15 is 0 Å². The Balaban J connectivity index is 0. The Morgan fingerprint density at radius 2 is 1.21 bits per heavy atom. The number of hydrogen-bond acceptors (Lipinski definition) is 1. The first kappa shape index (κ1) is 37.8. The largest absolute Gasteiger partial charge is 0.481 e. The summed E-state index contributed by atoms with van der Waals surface area (Å²) in [6, 6.07) is 0. The molecule has 1 N–H and O–H groups in total. The first-order chi connectivity index (χ1) is 12.5. The molecule has 13 unspecified atom stereocenters. The van der Waals surface area contributed by atoms with E-state index < -0.39 is 11.4 Å². The molecule has 28 heavy (non-hydrogen) atoms. The second kappa shape index (κ2) is 18.8. The zero-order chi connectivity index (χ0) is 23.0. The summed E-state index contributed by atoms with van der Waals surface area (Å²) >= 11 is 0. The summed E-state index contributed by atoms with van der Waals surface area (Å²) in [6.45, 7) is 5.17. The normalized spacial score (nSPS) is 14.7. The average molecular weight is 740 g/mol. The summed E-state index contributed by atoms with van der Waals surface area (Å²) < 4.78 is 0.514. The lowest BCUT2D eigenvalue weighted by Crippen LogP contribution is -2.21. The smallest absolute Gasteiger partial charge is 0.309 e. The monoisotopic (exact) mass is 740 g/mol. The molecule has 0 fully saturated rings. The zero-order valence-corrected chi connectivity index (χ0v) is 36.0. The van der Waals surface area contributed by atoms with Gasteiger partial charge in [-0.3, -0.25) is 4.79 Å². The van der Waals surface area contributed by atoms with Crippen molar-refractivity contribution >= 4 is 162 Å². The summed E-state index contributed by atoms with van der Waals surface area (Å²) in [4.78, 5) is 10.3. The third-order valence-corrected chi connectivity index (χ3v) is 76.9. The zero-order valence-electron chi connectivity index (χ0n) is 16.0. The molecule has 0 radical (unpaired) electrons. The number of rotatable bonds is 10. The fraction of sp³-hybridized carbons (Fsp3) is 0.857. The summed E-state index contributed by atoms with van der Waals surface area (Å²) in [5.74, 6) is -0.722. The van der Waals surface area contributed by atoms with Crippen molar-refractivity contribution in [2.24, 2.45) is 5.41 Å². The first-order valence-corrected chi connectivity index (χ1v) is 38.7. The molecule has 2 nitrogen and oxygen atoms in total. The molecule has 170 valence electrons. The van der Waals surface area contributed by atoms with Gasteiger partial charge in [0.2, 0.25) is 0 Å². The van der Waals surface area contributed by atoms with E-state index in [1.165, 1.54) is 0 Å². The summed E-state index contributed by atoms with van der Waals surface area (Å²) in [7, 11) is 35.4. The van der Waals surface area contributed by atoms with Crippen molar-refractivity contribution in [1.82, 2.24) is 0 Å². The quantitative estimate of drug-likeness (QED) is 0.227. The Bertz CT molecular complexity index is 436. The molecule has 0 aromatic carbocycles. The molecule has 0 aromatic rings. The van der Waals surface area contributed by atoms with Gasteiger partial charge in [-0.05, 0) is 70.4 Å². The average Bonchev–Trinajstić information content (AvgIpc) is 2.52. The van der Waals surface area contributed by atoms with Crippen molar-refractivity contribution in [2.45, 2.75) is 31.6 Å². The SMILES string of the molecule is CCC(C)(C)C(=O)O.PPP(P(P)P)C(P(P)P)(P(P)P)P(P(P)P)P(P)P. The Hall–Kier alpha value is 7.64. The van der Waals surface area contributed by atoms with Gasteiger partial charge in [-0.1, -0.05) is 14.9 Å². The molecule has 0 saturated carbocycles. The molecule has 0 aromatic heterocycles. The van der Waals surface area contributed by atoms with Gasteiger partial charge < -0.3 is 5.11 Å². The van der Waals surface area contributed by atoms with Gasteiger partial charge in [0.15, 0.2) is 0 Å². The Kier molecular flexibility index (Phi) is 25.4. The number of carboxylic acids is 1. The van der Waals surface area contributed by atoms with Crippen LogP contribution in [-0.2, 0) is 4.79 Å². The molecule has 0 aliphatic rings. The van der Waals surface area contributed by atoms with Crippen molar-refractivity contribution in [1.29, 1.82) is 0 Å². The van der Waals surface area contributed by atoms with Gasteiger partial charge in [0.05, 0.1) is 9.79 Å². The van der Waals surface area contributed by atoms with E-state index in [0.717, 1.165) is 7.96 Å². The van der Waals surface area contributed by atoms with E-state index in [4.69, 9.17) is 5.11 Å². The van der Waals surface area contributed by atoms with E-state index in [-0.39, 0.29) is 50.2 Å². The highest BCUT2D eigenvalue weighted by Gasteiger charge is 2.54. The summed E-state index contributed by atoms with van der Waals surface area (Å²) in [6.07, 6.45) is 0.683. The number of carbonyl (C=O) groups is 1. The molecule has 13 atom stereocenters. The Labute approximate surface area is 207 Å². The second-order valence-corrected chi connectivity index (χ2v) is 63.7. The van der Waals surface area contributed by atoms with Crippen LogP contribution in [0.2, 0.25) is 0 Å².